The fourth-order valence-corrected chi connectivity index (χ4v) is 3.95. The van der Waals surface area contributed by atoms with Crippen LogP contribution in [0.5, 0.6) is 0 Å². The number of aromatic nitrogens is 2. The zero-order chi connectivity index (χ0) is 18.4. The van der Waals surface area contributed by atoms with Crippen LogP contribution in [0.1, 0.15) is 43.0 Å². The molecule has 0 unspecified atom stereocenters. The van der Waals surface area contributed by atoms with Crippen LogP contribution in [-0.4, -0.2) is 35.8 Å². The molecule has 0 saturated heterocycles. The largest absolute Gasteiger partial charge is 0.357 e. The van der Waals surface area contributed by atoms with E-state index in [1.807, 2.05) is 6.20 Å². The van der Waals surface area contributed by atoms with Crippen molar-refractivity contribution in [2.45, 2.75) is 44.9 Å². The molecule has 6 heteroatoms. The molecule has 26 heavy (non-hydrogen) atoms. The van der Waals surface area contributed by atoms with Gasteiger partial charge in [-0.2, -0.15) is 5.10 Å². The Labute approximate surface area is 164 Å². The molecule has 0 aliphatic heterocycles. The number of halogens is 1. The van der Waals surface area contributed by atoms with Gasteiger partial charge in [-0.15, -0.1) is 0 Å². The van der Waals surface area contributed by atoms with Gasteiger partial charge in [0.15, 0.2) is 5.96 Å². The highest BCUT2D eigenvalue weighted by Crippen LogP contribution is 2.50. The molecule has 1 aromatic heterocycles. The maximum Gasteiger partial charge on any atom is 0.191 e. The second-order valence-electron chi connectivity index (χ2n) is 7.01. The van der Waals surface area contributed by atoms with Crippen molar-refractivity contribution in [3.63, 3.8) is 0 Å². The van der Waals surface area contributed by atoms with Gasteiger partial charge in [0.25, 0.3) is 0 Å². The van der Waals surface area contributed by atoms with E-state index in [1.165, 1.54) is 28.4 Å². The van der Waals surface area contributed by atoms with E-state index in [0.29, 0.717) is 0 Å². The summed E-state index contributed by atoms with van der Waals surface area (Å²) in [7, 11) is 0. The first-order chi connectivity index (χ1) is 12.6. The van der Waals surface area contributed by atoms with Crippen molar-refractivity contribution in [3.05, 3.63) is 51.8 Å². The fourth-order valence-electron chi connectivity index (χ4n) is 3.24. The normalized spacial score (nSPS) is 15.7. The van der Waals surface area contributed by atoms with Gasteiger partial charge in [-0.3, -0.25) is 10.1 Å². The molecule has 0 amide bonds. The van der Waals surface area contributed by atoms with Crippen molar-refractivity contribution in [2.75, 3.05) is 19.6 Å². The molecular formula is C20H28BrN5. The van der Waals surface area contributed by atoms with Gasteiger partial charge < -0.3 is 10.6 Å². The summed E-state index contributed by atoms with van der Waals surface area (Å²) in [6.07, 6.45) is 6.41. The number of nitrogens with one attached hydrogen (secondary N) is 3. The monoisotopic (exact) mass is 417 g/mol. The van der Waals surface area contributed by atoms with E-state index < -0.39 is 0 Å². The number of guanidine groups is 1. The molecule has 3 N–H and O–H groups in total. The Morgan fingerprint density at radius 1 is 1.31 bits per heavy atom. The smallest absolute Gasteiger partial charge is 0.191 e. The minimum absolute atomic E-state index is 0.205. The lowest BCUT2D eigenvalue weighted by molar-refractivity contribution is 0.684. The third-order valence-corrected chi connectivity index (χ3v) is 5.72. The Morgan fingerprint density at radius 2 is 2.12 bits per heavy atom. The molecule has 1 heterocycles. The summed E-state index contributed by atoms with van der Waals surface area (Å²) in [6, 6.07) is 8.53. The van der Waals surface area contributed by atoms with Crippen molar-refractivity contribution in [1.29, 1.82) is 0 Å². The third kappa shape index (κ3) is 4.67. The first-order valence-corrected chi connectivity index (χ1v) is 10.2. The summed E-state index contributed by atoms with van der Waals surface area (Å²) in [5.74, 6) is 0.912. The number of benzene rings is 1. The molecular weight excluding hydrogens is 390 g/mol. The summed E-state index contributed by atoms with van der Waals surface area (Å²) >= 11 is 3.70. The highest BCUT2D eigenvalue weighted by atomic mass is 79.9. The van der Waals surface area contributed by atoms with E-state index in [4.69, 9.17) is 4.99 Å². The lowest BCUT2D eigenvalue weighted by atomic mass is 9.96. The van der Waals surface area contributed by atoms with Crippen molar-refractivity contribution in [3.8, 4) is 0 Å². The van der Waals surface area contributed by atoms with Crippen molar-refractivity contribution < 1.29 is 0 Å². The van der Waals surface area contributed by atoms with Crippen molar-refractivity contribution in [2.24, 2.45) is 4.99 Å². The van der Waals surface area contributed by atoms with Gasteiger partial charge in [-0.05, 0) is 56.7 Å². The van der Waals surface area contributed by atoms with E-state index in [2.05, 4.69) is 74.9 Å². The zero-order valence-electron chi connectivity index (χ0n) is 15.6. The van der Waals surface area contributed by atoms with Gasteiger partial charge in [-0.1, -0.05) is 34.1 Å². The van der Waals surface area contributed by atoms with Crippen LogP contribution >= 0.6 is 15.9 Å². The zero-order valence-corrected chi connectivity index (χ0v) is 17.2. The van der Waals surface area contributed by atoms with Gasteiger partial charge in [0.2, 0.25) is 0 Å². The maximum absolute atomic E-state index is 4.87. The van der Waals surface area contributed by atoms with Crippen molar-refractivity contribution >= 4 is 21.9 Å². The maximum atomic E-state index is 4.87. The number of hydrogen-bond acceptors (Lipinski definition) is 2. The van der Waals surface area contributed by atoms with E-state index in [-0.39, 0.29) is 5.41 Å². The molecule has 3 rings (SSSR count). The first kappa shape index (κ1) is 19.0. The first-order valence-electron chi connectivity index (χ1n) is 9.41. The quantitative estimate of drug-likeness (QED) is 0.348. The number of hydrogen-bond donors (Lipinski definition) is 3. The van der Waals surface area contributed by atoms with Gasteiger partial charge in [-0.25, -0.2) is 0 Å². The van der Waals surface area contributed by atoms with Crippen LogP contribution in [0.15, 0.2) is 39.9 Å². The second-order valence-corrected chi connectivity index (χ2v) is 7.86. The molecule has 1 aliphatic rings. The van der Waals surface area contributed by atoms with Crippen LogP contribution < -0.4 is 10.6 Å². The minimum atomic E-state index is 0.205. The van der Waals surface area contributed by atoms with E-state index in [9.17, 15) is 0 Å². The molecule has 0 bridgehead atoms. The Hall–Kier alpha value is -1.82. The lowest BCUT2D eigenvalue weighted by Crippen LogP contribution is -2.38. The Kier molecular flexibility index (Phi) is 6.35. The molecule has 5 nitrogen and oxygen atoms in total. The molecule has 0 spiro atoms. The van der Waals surface area contributed by atoms with Crippen LogP contribution in [0.2, 0.25) is 0 Å². The van der Waals surface area contributed by atoms with Crippen LogP contribution in [-0.2, 0) is 11.8 Å². The SMILES string of the molecule is CCNC(=NCC1(c2ccccc2Br)CC1)NCCCc1cn[nH]c1C. The summed E-state index contributed by atoms with van der Waals surface area (Å²) < 4.78 is 1.20. The van der Waals surface area contributed by atoms with Crippen LogP contribution in [0.25, 0.3) is 0 Å². The summed E-state index contributed by atoms with van der Waals surface area (Å²) in [4.78, 5) is 4.87. The van der Waals surface area contributed by atoms with Crippen LogP contribution in [0.4, 0.5) is 0 Å². The Bertz CT molecular complexity index is 748. The number of nitrogens with zero attached hydrogens (tertiary/aromatic N) is 2. The number of aliphatic imine (C=N–C) groups is 1. The van der Waals surface area contributed by atoms with Gasteiger partial charge in [0, 0.05) is 28.7 Å². The topological polar surface area (TPSA) is 65.1 Å². The molecule has 1 fully saturated rings. The van der Waals surface area contributed by atoms with E-state index >= 15 is 0 Å². The van der Waals surface area contributed by atoms with Crippen molar-refractivity contribution in [1.82, 2.24) is 20.8 Å². The molecule has 140 valence electrons. The Morgan fingerprint density at radius 3 is 2.77 bits per heavy atom. The molecule has 0 atom stereocenters. The number of H-pyrrole nitrogens is 1. The lowest BCUT2D eigenvalue weighted by Gasteiger charge is -2.17. The van der Waals surface area contributed by atoms with Crippen LogP contribution in [0.3, 0.4) is 0 Å². The number of aromatic amines is 1. The van der Waals surface area contributed by atoms with Gasteiger partial charge in [0.05, 0.1) is 12.7 Å². The predicted molar refractivity (Wildman–Crippen MR) is 111 cm³/mol. The molecule has 1 aliphatic carbocycles. The third-order valence-electron chi connectivity index (χ3n) is 5.03. The van der Waals surface area contributed by atoms with Gasteiger partial charge >= 0.3 is 0 Å². The molecule has 2 aromatic rings. The van der Waals surface area contributed by atoms with E-state index in [1.54, 1.807) is 0 Å². The highest BCUT2D eigenvalue weighted by Gasteiger charge is 2.45. The minimum Gasteiger partial charge on any atom is -0.357 e. The molecule has 0 radical (unpaired) electrons. The number of aryl methyl sites for hydroxylation is 2. The fraction of sp³-hybridized carbons (Fsp3) is 0.500. The van der Waals surface area contributed by atoms with Gasteiger partial charge in [0.1, 0.15) is 0 Å². The standard InChI is InChI=1S/C20H28BrN5/c1-3-22-19(23-12-6-7-16-13-25-26-15(16)2)24-14-20(10-11-20)17-8-4-5-9-18(17)21/h4-5,8-9,13H,3,6-7,10-12,14H2,1-2H3,(H,25,26)(H2,22,23,24). The summed E-state index contributed by atoms with van der Waals surface area (Å²) in [5, 5.41) is 13.9. The van der Waals surface area contributed by atoms with Crippen LogP contribution in [0, 0.1) is 6.92 Å². The second kappa shape index (κ2) is 8.71. The van der Waals surface area contributed by atoms with E-state index in [0.717, 1.165) is 44.1 Å². The average Bonchev–Trinajstić information content (AvgIpc) is 3.32. The Balaban J connectivity index is 1.54. The number of rotatable bonds is 8. The highest BCUT2D eigenvalue weighted by molar-refractivity contribution is 9.10. The summed E-state index contributed by atoms with van der Waals surface area (Å²) in [5.41, 5.74) is 4.04. The average molecular weight is 418 g/mol. The molecule has 1 saturated carbocycles. The predicted octanol–water partition coefficient (Wildman–Crippen LogP) is 3.70. The molecule has 1 aromatic carbocycles. The summed E-state index contributed by atoms with van der Waals surface area (Å²) in [6.45, 7) is 6.77.